The molecule has 1 aliphatic rings. The van der Waals surface area contributed by atoms with Crippen LogP contribution < -0.4 is 5.32 Å². The van der Waals surface area contributed by atoms with E-state index in [9.17, 15) is 4.79 Å². The van der Waals surface area contributed by atoms with Crippen molar-refractivity contribution in [3.63, 3.8) is 0 Å². The van der Waals surface area contributed by atoms with Crippen molar-refractivity contribution in [2.75, 3.05) is 26.7 Å². The SMILES string of the molecule is CCC1(CC)CCN(CC(C)(NC(C)C)C(=O)OC)C1. The molecule has 0 aromatic rings. The highest BCUT2D eigenvalue weighted by Gasteiger charge is 2.41. The molecule has 1 N–H and O–H groups in total. The first-order valence-corrected chi connectivity index (χ1v) is 7.89. The van der Waals surface area contributed by atoms with Gasteiger partial charge in [0, 0.05) is 19.1 Å². The minimum Gasteiger partial charge on any atom is -0.468 e. The molecule has 118 valence electrons. The van der Waals surface area contributed by atoms with Crippen molar-refractivity contribution >= 4 is 5.97 Å². The van der Waals surface area contributed by atoms with Crippen molar-refractivity contribution in [1.82, 2.24) is 10.2 Å². The average molecular weight is 284 g/mol. The normalized spacial score (nSPS) is 21.9. The molecule has 1 saturated heterocycles. The summed E-state index contributed by atoms with van der Waals surface area (Å²) in [6.07, 6.45) is 3.66. The zero-order valence-corrected chi connectivity index (χ0v) is 14.1. The van der Waals surface area contributed by atoms with Crippen LogP contribution >= 0.6 is 0 Å². The van der Waals surface area contributed by atoms with E-state index in [1.54, 1.807) is 0 Å². The smallest absolute Gasteiger partial charge is 0.327 e. The van der Waals surface area contributed by atoms with Gasteiger partial charge in [0.2, 0.25) is 0 Å². The van der Waals surface area contributed by atoms with E-state index >= 15 is 0 Å². The predicted octanol–water partition coefficient (Wildman–Crippen LogP) is 2.43. The van der Waals surface area contributed by atoms with E-state index in [4.69, 9.17) is 4.74 Å². The highest BCUT2D eigenvalue weighted by Crippen LogP contribution is 2.37. The highest BCUT2D eigenvalue weighted by molar-refractivity contribution is 5.80. The Morgan fingerprint density at radius 1 is 1.40 bits per heavy atom. The standard InChI is InChI=1S/C16H32N2O2/c1-7-16(8-2)9-10-18(12-16)11-15(5,14(19)20-6)17-13(3)4/h13,17H,7-12H2,1-6H3. The van der Waals surface area contributed by atoms with Gasteiger partial charge in [0.25, 0.3) is 0 Å². The number of esters is 1. The summed E-state index contributed by atoms with van der Waals surface area (Å²) in [6.45, 7) is 13.5. The van der Waals surface area contributed by atoms with Crippen molar-refractivity contribution in [2.45, 2.75) is 65.5 Å². The Balaban J connectivity index is 2.75. The fourth-order valence-electron chi connectivity index (χ4n) is 3.47. The fourth-order valence-corrected chi connectivity index (χ4v) is 3.47. The Hall–Kier alpha value is -0.610. The maximum Gasteiger partial charge on any atom is 0.327 e. The summed E-state index contributed by atoms with van der Waals surface area (Å²) >= 11 is 0. The van der Waals surface area contributed by atoms with Gasteiger partial charge in [-0.3, -0.25) is 10.1 Å². The quantitative estimate of drug-likeness (QED) is 0.729. The Morgan fingerprint density at radius 3 is 2.40 bits per heavy atom. The number of hydrogen-bond donors (Lipinski definition) is 1. The molecule has 0 bridgehead atoms. The van der Waals surface area contributed by atoms with Gasteiger partial charge in [0.05, 0.1) is 7.11 Å². The lowest BCUT2D eigenvalue weighted by Gasteiger charge is -2.35. The van der Waals surface area contributed by atoms with Crippen LogP contribution in [0.2, 0.25) is 0 Å². The first-order valence-electron chi connectivity index (χ1n) is 7.89. The van der Waals surface area contributed by atoms with Crippen LogP contribution in [0, 0.1) is 5.41 Å². The minimum absolute atomic E-state index is 0.170. The number of carbonyl (C=O) groups excluding carboxylic acids is 1. The van der Waals surface area contributed by atoms with E-state index in [1.165, 1.54) is 26.4 Å². The summed E-state index contributed by atoms with van der Waals surface area (Å²) in [5, 5.41) is 3.38. The minimum atomic E-state index is -0.625. The van der Waals surface area contributed by atoms with Crippen molar-refractivity contribution in [3.05, 3.63) is 0 Å². The number of nitrogens with one attached hydrogen (secondary N) is 1. The van der Waals surface area contributed by atoms with E-state index < -0.39 is 5.54 Å². The summed E-state index contributed by atoms with van der Waals surface area (Å²) in [5.41, 5.74) is -0.185. The molecule has 0 amide bonds. The molecular weight excluding hydrogens is 252 g/mol. The third-order valence-corrected chi connectivity index (χ3v) is 4.80. The fraction of sp³-hybridized carbons (Fsp3) is 0.938. The zero-order chi connectivity index (χ0) is 15.4. The van der Waals surface area contributed by atoms with Gasteiger partial charge in [-0.2, -0.15) is 0 Å². The van der Waals surface area contributed by atoms with Crippen molar-refractivity contribution in [3.8, 4) is 0 Å². The highest BCUT2D eigenvalue weighted by atomic mass is 16.5. The maximum atomic E-state index is 12.1. The van der Waals surface area contributed by atoms with Gasteiger partial charge in [-0.25, -0.2) is 0 Å². The second-order valence-corrected chi connectivity index (χ2v) is 6.79. The molecule has 0 radical (unpaired) electrons. The third kappa shape index (κ3) is 3.95. The lowest BCUT2D eigenvalue weighted by Crippen LogP contribution is -2.59. The molecule has 0 aromatic heterocycles. The Labute approximate surface area is 124 Å². The molecular formula is C16H32N2O2. The molecule has 0 aromatic carbocycles. The summed E-state index contributed by atoms with van der Waals surface area (Å²) in [7, 11) is 1.47. The van der Waals surface area contributed by atoms with Crippen LogP contribution in [0.25, 0.3) is 0 Å². The Kier molecular flexibility index (Phi) is 6.02. The average Bonchev–Trinajstić information content (AvgIpc) is 2.80. The van der Waals surface area contributed by atoms with Crippen LogP contribution in [0.3, 0.4) is 0 Å². The third-order valence-electron chi connectivity index (χ3n) is 4.80. The van der Waals surface area contributed by atoms with Crippen LogP contribution in [0.4, 0.5) is 0 Å². The van der Waals surface area contributed by atoms with Crippen LogP contribution in [0.5, 0.6) is 0 Å². The molecule has 4 heteroatoms. The molecule has 1 heterocycles. The Bertz CT molecular complexity index is 326. The van der Waals surface area contributed by atoms with Crippen LogP contribution in [0.15, 0.2) is 0 Å². The number of methoxy groups -OCH3 is 1. The van der Waals surface area contributed by atoms with Crippen molar-refractivity contribution < 1.29 is 9.53 Å². The van der Waals surface area contributed by atoms with Gasteiger partial charge in [-0.15, -0.1) is 0 Å². The number of likely N-dealkylation sites (tertiary alicyclic amines) is 1. The van der Waals surface area contributed by atoms with Gasteiger partial charge >= 0.3 is 5.97 Å². The number of ether oxygens (including phenoxy) is 1. The summed E-state index contributed by atoms with van der Waals surface area (Å²) in [5.74, 6) is -0.170. The molecule has 1 rings (SSSR count). The van der Waals surface area contributed by atoms with E-state index in [2.05, 4.69) is 37.9 Å². The number of nitrogens with zero attached hydrogens (tertiary/aromatic N) is 1. The molecule has 0 spiro atoms. The van der Waals surface area contributed by atoms with Crippen LogP contribution in [0.1, 0.15) is 53.9 Å². The predicted molar refractivity (Wildman–Crippen MR) is 82.8 cm³/mol. The van der Waals surface area contributed by atoms with Gasteiger partial charge in [-0.05, 0) is 52.0 Å². The van der Waals surface area contributed by atoms with Crippen molar-refractivity contribution in [1.29, 1.82) is 0 Å². The molecule has 1 atom stereocenters. The second-order valence-electron chi connectivity index (χ2n) is 6.79. The molecule has 4 nitrogen and oxygen atoms in total. The molecule has 1 aliphatic heterocycles. The number of rotatable bonds is 7. The summed E-state index contributed by atoms with van der Waals surface area (Å²) < 4.78 is 5.00. The summed E-state index contributed by atoms with van der Waals surface area (Å²) in [6, 6.07) is 0.254. The monoisotopic (exact) mass is 284 g/mol. The summed E-state index contributed by atoms with van der Waals surface area (Å²) in [4.78, 5) is 14.6. The van der Waals surface area contributed by atoms with Gasteiger partial charge in [0.1, 0.15) is 5.54 Å². The lowest BCUT2D eigenvalue weighted by atomic mass is 9.82. The molecule has 20 heavy (non-hydrogen) atoms. The van der Waals surface area contributed by atoms with Crippen LogP contribution in [-0.2, 0) is 9.53 Å². The van der Waals surface area contributed by atoms with Gasteiger partial charge < -0.3 is 9.64 Å². The molecule has 0 saturated carbocycles. The van der Waals surface area contributed by atoms with E-state index in [0.29, 0.717) is 5.41 Å². The van der Waals surface area contributed by atoms with E-state index in [-0.39, 0.29) is 12.0 Å². The lowest BCUT2D eigenvalue weighted by molar-refractivity contribution is -0.149. The molecule has 1 fully saturated rings. The maximum absolute atomic E-state index is 12.1. The second kappa shape index (κ2) is 6.90. The van der Waals surface area contributed by atoms with E-state index in [1.807, 2.05) is 6.92 Å². The molecule has 1 unspecified atom stereocenters. The van der Waals surface area contributed by atoms with E-state index in [0.717, 1.165) is 19.6 Å². The topological polar surface area (TPSA) is 41.6 Å². The Morgan fingerprint density at radius 2 is 2.00 bits per heavy atom. The van der Waals surface area contributed by atoms with Gasteiger partial charge in [0.15, 0.2) is 0 Å². The first kappa shape index (κ1) is 17.4. The van der Waals surface area contributed by atoms with Gasteiger partial charge in [-0.1, -0.05) is 13.8 Å². The molecule has 0 aliphatic carbocycles. The first-order chi connectivity index (χ1) is 9.30. The van der Waals surface area contributed by atoms with Crippen LogP contribution in [-0.4, -0.2) is 49.2 Å². The number of carbonyl (C=O) groups is 1. The number of hydrogen-bond acceptors (Lipinski definition) is 4. The zero-order valence-electron chi connectivity index (χ0n) is 14.1. The largest absolute Gasteiger partial charge is 0.468 e. The van der Waals surface area contributed by atoms with Crippen molar-refractivity contribution in [2.24, 2.45) is 5.41 Å².